The summed E-state index contributed by atoms with van der Waals surface area (Å²) >= 11 is 0. The average Bonchev–Trinajstić information content (AvgIpc) is 2.66. The van der Waals surface area contributed by atoms with E-state index in [-0.39, 0.29) is 23.7 Å². The number of rotatable bonds is 5. The molecule has 0 radical (unpaired) electrons. The molecule has 2 N–H and O–H groups in total. The van der Waals surface area contributed by atoms with E-state index in [1.54, 1.807) is 0 Å². The summed E-state index contributed by atoms with van der Waals surface area (Å²) in [6.07, 6.45) is 0.598. The Balaban J connectivity index is 1.63. The monoisotopic (exact) mass is 366 g/mol. The molecular weight excluding hydrogens is 340 g/mol. The van der Waals surface area contributed by atoms with Crippen LogP contribution in [-0.2, 0) is 22.6 Å². The molecule has 3 rings (SSSR count). The van der Waals surface area contributed by atoms with Gasteiger partial charge in [0.15, 0.2) is 0 Å². The third-order valence-electron chi connectivity index (χ3n) is 4.84. The lowest BCUT2D eigenvalue weighted by Crippen LogP contribution is -2.37. The molecule has 27 heavy (non-hydrogen) atoms. The third kappa shape index (κ3) is 4.67. The molecule has 0 spiro atoms. The second-order valence-corrected chi connectivity index (χ2v) is 7.32. The minimum atomic E-state index is -0.238. The van der Waals surface area contributed by atoms with Gasteiger partial charge >= 0.3 is 0 Å². The van der Waals surface area contributed by atoms with Crippen LogP contribution in [0.4, 0.5) is 5.69 Å². The first kappa shape index (κ1) is 19.0. The SMILES string of the molecule is Cc1ccccc1CNC(=O)[C@H]1COc2ccc(NC(=O)C(C)C)cc2C1. The number of fused-ring (bicyclic) bond motifs is 1. The molecule has 2 amide bonds. The minimum Gasteiger partial charge on any atom is -0.492 e. The molecule has 0 saturated carbocycles. The van der Waals surface area contributed by atoms with Gasteiger partial charge in [0.2, 0.25) is 11.8 Å². The number of hydrogen-bond acceptors (Lipinski definition) is 3. The maximum absolute atomic E-state index is 12.6. The van der Waals surface area contributed by atoms with Gasteiger partial charge in [-0.2, -0.15) is 0 Å². The summed E-state index contributed by atoms with van der Waals surface area (Å²) in [5.41, 5.74) is 3.95. The summed E-state index contributed by atoms with van der Waals surface area (Å²) in [4.78, 5) is 24.5. The number of carbonyl (C=O) groups excluding carboxylic acids is 2. The van der Waals surface area contributed by atoms with Gasteiger partial charge in [0.05, 0.1) is 5.92 Å². The molecule has 1 aliphatic rings. The van der Waals surface area contributed by atoms with Gasteiger partial charge in [-0.05, 0) is 48.2 Å². The Kier molecular flexibility index (Phi) is 5.79. The summed E-state index contributed by atoms with van der Waals surface area (Å²) in [6.45, 7) is 6.62. The number of ether oxygens (including phenoxy) is 1. The summed E-state index contributed by atoms with van der Waals surface area (Å²) in [5, 5.41) is 5.91. The first-order valence-electron chi connectivity index (χ1n) is 9.33. The Bertz CT molecular complexity index is 845. The highest BCUT2D eigenvalue weighted by Crippen LogP contribution is 2.30. The van der Waals surface area contributed by atoms with Crippen LogP contribution in [0.25, 0.3) is 0 Å². The van der Waals surface area contributed by atoms with E-state index < -0.39 is 0 Å². The van der Waals surface area contributed by atoms with Crippen molar-refractivity contribution in [3.63, 3.8) is 0 Å². The van der Waals surface area contributed by atoms with Crippen molar-refractivity contribution >= 4 is 17.5 Å². The van der Waals surface area contributed by atoms with Gasteiger partial charge in [-0.3, -0.25) is 9.59 Å². The molecule has 0 aliphatic carbocycles. The molecule has 142 valence electrons. The molecule has 1 aliphatic heterocycles. The minimum absolute atomic E-state index is 0.0134. The van der Waals surface area contributed by atoms with Gasteiger partial charge in [0.1, 0.15) is 12.4 Å². The summed E-state index contributed by atoms with van der Waals surface area (Å²) in [6, 6.07) is 13.6. The van der Waals surface area contributed by atoms with Gasteiger partial charge in [0, 0.05) is 18.2 Å². The van der Waals surface area contributed by atoms with Crippen LogP contribution < -0.4 is 15.4 Å². The molecule has 0 aromatic heterocycles. The molecule has 2 aromatic rings. The van der Waals surface area contributed by atoms with Gasteiger partial charge < -0.3 is 15.4 Å². The predicted molar refractivity (Wildman–Crippen MR) is 106 cm³/mol. The highest BCUT2D eigenvalue weighted by atomic mass is 16.5. The molecule has 1 heterocycles. The maximum atomic E-state index is 12.6. The Labute approximate surface area is 160 Å². The van der Waals surface area contributed by atoms with Crippen molar-refractivity contribution in [1.29, 1.82) is 0 Å². The lowest BCUT2D eigenvalue weighted by molar-refractivity contribution is -0.126. The smallest absolute Gasteiger partial charge is 0.227 e. The van der Waals surface area contributed by atoms with Crippen molar-refractivity contribution < 1.29 is 14.3 Å². The van der Waals surface area contributed by atoms with Crippen LogP contribution in [0.1, 0.15) is 30.5 Å². The zero-order chi connectivity index (χ0) is 19.4. The highest BCUT2D eigenvalue weighted by molar-refractivity contribution is 5.92. The molecule has 0 fully saturated rings. The van der Waals surface area contributed by atoms with E-state index in [1.807, 2.05) is 63.2 Å². The Morgan fingerprint density at radius 3 is 2.70 bits per heavy atom. The summed E-state index contributed by atoms with van der Waals surface area (Å²) in [5.74, 6) is 0.412. The van der Waals surface area contributed by atoms with Crippen molar-refractivity contribution in [1.82, 2.24) is 5.32 Å². The molecule has 2 aromatic carbocycles. The van der Waals surface area contributed by atoms with Crippen molar-refractivity contribution in [2.24, 2.45) is 11.8 Å². The highest BCUT2D eigenvalue weighted by Gasteiger charge is 2.26. The number of amides is 2. The second kappa shape index (κ2) is 8.25. The first-order valence-corrected chi connectivity index (χ1v) is 9.33. The average molecular weight is 366 g/mol. The van der Waals surface area contributed by atoms with Gasteiger partial charge in [-0.1, -0.05) is 38.1 Å². The van der Waals surface area contributed by atoms with Crippen LogP contribution in [0, 0.1) is 18.8 Å². The lowest BCUT2D eigenvalue weighted by Gasteiger charge is -2.25. The lowest BCUT2D eigenvalue weighted by atomic mass is 9.95. The van der Waals surface area contributed by atoms with E-state index in [4.69, 9.17) is 4.74 Å². The van der Waals surface area contributed by atoms with Crippen LogP contribution in [0.15, 0.2) is 42.5 Å². The second-order valence-electron chi connectivity index (χ2n) is 7.32. The van der Waals surface area contributed by atoms with E-state index in [1.165, 1.54) is 0 Å². The van der Waals surface area contributed by atoms with Gasteiger partial charge in [0.25, 0.3) is 0 Å². The van der Waals surface area contributed by atoms with E-state index in [0.29, 0.717) is 19.6 Å². The van der Waals surface area contributed by atoms with E-state index in [2.05, 4.69) is 10.6 Å². The summed E-state index contributed by atoms with van der Waals surface area (Å²) < 4.78 is 5.77. The Hall–Kier alpha value is -2.82. The van der Waals surface area contributed by atoms with E-state index in [0.717, 1.165) is 28.1 Å². The van der Waals surface area contributed by atoms with Gasteiger partial charge in [-0.25, -0.2) is 0 Å². The van der Waals surface area contributed by atoms with Crippen LogP contribution >= 0.6 is 0 Å². The Morgan fingerprint density at radius 1 is 1.19 bits per heavy atom. The predicted octanol–water partition coefficient (Wildman–Crippen LogP) is 3.46. The normalized spacial score (nSPS) is 15.6. The molecule has 0 unspecified atom stereocenters. The largest absolute Gasteiger partial charge is 0.492 e. The quantitative estimate of drug-likeness (QED) is 0.852. The number of aryl methyl sites for hydroxylation is 1. The Morgan fingerprint density at radius 2 is 1.96 bits per heavy atom. The molecule has 5 heteroatoms. The number of hydrogen-bond donors (Lipinski definition) is 2. The topological polar surface area (TPSA) is 67.4 Å². The number of carbonyl (C=O) groups is 2. The zero-order valence-electron chi connectivity index (χ0n) is 16.0. The van der Waals surface area contributed by atoms with Gasteiger partial charge in [-0.15, -0.1) is 0 Å². The molecule has 1 atom stereocenters. The fraction of sp³-hybridized carbons (Fsp3) is 0.364. The number of nitrogens with one attached hydrogen (secondary N) is 2. The maximum Gasteiger partial charge on any atom is 0.227 e. The van der Waals surface area contributed by atoms with E-state index >= 15 is 0 Å². The first-order chi connectivity index (χ1) is 12.9. The van der Waals surface area contributed by atoms with Crippen LogP contribution in [0.5, 0.6) is 5.75 Å². The standard InChI is InChI=1S/C22H26N2O3/c1-14(2)21(25)24-19-8-9-20-17(11-19)10-18(13-27-20)22(26)23-12-16-7-5-4-6-15(16)3/h4-9,11,14,18H,10,12-13H2,1-3H3,(H,23,26)(H,24,25)/t18-/m1/s1. The number of anilines is 1. The molecule has 0 bridgehead atoms. The fourth-order valence-electron chi connectivity index (χ4n) is 3.06. The van der Waals surface area contributed by atoms with Crippen molar-refractivity contribution in [2.75, 3.05) is 11.9 Å². The van der Waals surface area contributed by atoms with Crippen molar-refractivity contribution in [3.8, 4) is 5.75 Å². The fourth-order valence-corrected chi connectivity index (χ4v) is 3.06. The van der Waals surface area contributed by atoms with E-state index in [9.17, 15) is 9.59 Å². The third-order valence-corrected chi connectivity index (χ3v) is 4.84. The van der Waals surface area contributed by atoms with Crippen LogP contribution in [0.3, 0.4) is 0 Å². The summed E-state index contributed by atoms with van der Waals surface area (Å²) in [7, 11) is 0. The molecular formula is C22H26N2O3. The zero-order valence-corrected chi connectivity index (χ0v) is 16.0. The molecule has 0 saturated heterocycles. The van der Waals surface area contributed by atoms with Crippen molar-refractivity contribution in [3.05, 3.63) is 59.2 Å². The van der Waals surface area contributed by atoms with Crippen molar-refractivity contribution in [2.45, 2.75) is 33.7 Å². The molecule has 5 nitrogen and oxygen atoms in total. The van der Waals surface area contributed by atoms with Crippen LogP contribution in [-0.4, -0.2) is 18.4 Å². The van der Waals surface area contributed by atoms with Crippen LogP contribution in [0.2, 0.25) is 0 Å². The number of benzene rings is 2.